The van der Waals surface area contributed by atoms with E-state index in [0.29, 0.717) is 10.4 Å². The summed E-state index contributed by atoms with van der Waals surface area (Å²) in [5.74, 6) is 1.25. The number of halogens is 3. The average Bonchev–Trinajstić information content (AvgIpc) is 2.35. The van der Waals surface area contributed by atoms with Crippen LogP contribution in [0.25, 0.3) is 0 Å². The van der Waals surface area contributed by atoms with E-state index >= 15 is 0 Å². The van der Waals surface area contributed by atoms with Crippen LogP contribution in [0.5, 0.6) is 0 Å². The molecule has 0 spiro atoms. The van der Waals surface area contributed by atoms with Gasteiger partial charge in [0.1, 0.15) is 5.82 Å². The number of rotatable bonds is 3. The molecule has 2 rings (SSSR count). The Labute approximate surface area is 115 Å². The van der Waals surface area contributed by atoms with Crippen LogP contribution in [0.3, 0.4) is 0 Å². The molecule has 1 aliphatic heterocycles. The molecule has 0 aromatic heterocycles. The van der Waals surface area contributed by atoms with Crippen molar-refractivity contribution in [3.05, 3.63) is 34.1 Å². The zero-order valence-electron chi connectivity index (χ0n) is 9.63. The van der Waals surface area contributed by atoms with E-state index < -0.39 is 0 Å². The van der Waals surface area contributed by atoms with Gasteiger partial charge in [-0.2, -0.15) is 0 Å². The molecule has 1 saturated heterocycles. The minimum absolute atomic E-state index is 0.199. The molecule has 1 nitrogen and oxygen atoms in total. The highest BCUT2D eigenvalue weighted by Gasteiger charge is 2.18. The molecule has 17 heavy (non-hydrogen) atoms. The lowest BCUT2D eigenvalue weighted by Gasteiger charge is -2.31. The largest absolute Gasteiger partial charge is 0.299 e. The van der Waals surface area contributed by atoms with Crippen LogP contribution in [0.1, 0.15) is 18.4 Å². The normalized spacial score (nSPS) is 18.5. The minimum atomic E-state index is -0.199. The first-order valence-corrected chi connectivity index (χ1v) is 7.24. The molecule has 0 bridgehead atoms. The van der Waals surface area contributed by atoms with Crippen LogP contribution in [0.15, 0.2) is 22.7 Å². The molecule has 0 amide bonds. The first-order valence-electron chi connectivity index (χ1n) is 5.91. The summed E-state index contributed by atoms with van der Waals surface area (Å²) < 4.78 is 13.6. The van der Waals surface area contributed by atoms with Crippen LogP contribution in [-0.4, -0.2) is 23.9 Å². The van der Waals surface area contributed by atoms with Gasteiger partial charge in [0.15, 0.2) is 0 Å². The Hall–Kier alpha value is -0.120. The quantitative estimate of drug-likeness (QED) is 0.760. The molecule has 1 heterocycles. The number of likely N-dealkylation sites (tertiary alicyclic amines) is 1. The SMILES string of the molecule is Fc1ccc(CN2CCC(CCl)CC2)cc1Br. The van der Waals surface area contributed by atoms with Gasteiger partial charge in [-0.3, -0.25) is 4.90 Å². The van der Waals surface area contributed by atoms with Gasteiger partial charge in [0.25, 0.3) is 0 Å². The van der Waals surface area contributed by atoms with Crippen molar-refractivity contribution in [3.63, 3.8) is 0 Å². The highest BCUT2D eigenvalue weighted by atomic mass is 79.9. The maximum absolute atomic E-state index is 13.1. The van der Waals surface area contributed by atoms with Gasteiger partial charge >= 0.3 is 0 Å². The smallest absolute Gasteiger partial charge is 0.137 e. The standard InChI is InChI=1S/C13H16BrClFN/c14-12-7-11(1-2-13(12)16)9-17-5-3-10(8-15)4-6-17/h1-2,7,10H,3-6,8-9H2. The van der Waals surface area contributed by atoms with Crippen molar-refractivity contribution in [2.75, 3.05) is 19.0 Å². The molecule has 94 valence electrons. The third-order valence-electron chi connectivity index (χ3n) is 3.32. The van der Waals surface area contributed by atoms with Crippen molar-refractivity contribution in [2.24, 2.45) is 5.92 Å². The molecule has 4 heteroatoms. The van der Waals surface area contributed by atoms with Gasteiger partial charge in [-0.15, -0.1) is 11.6 Å². The third-order valence-corrected chi connectivity index (χ3v) is 4.36. The summed E-state index contributed by atoms with van der Waals surface area (Å²) in [6.07, 6.45) is 2.34. The molecule has 0 N–H and O–H groups in total. The lowest BCUT2D eigenvalue weighted by atomic mass is 9.98. The van der Waals surface area contributed by atoms with E-state index in [1.54, 1.807) is 0 Å². The molecular formula is C13H16BrClFN. The summed E-state index contributed by atoms with van der Waals surface area (Å²) in [4.78, 5) is 2.41. The fourth-order valence-electron chi connectivity index (χ4n) is 2.20. The highest BCUT2D eigenvalue weighted by molar-refractivity contribution is 9.10. The maximum Gasteiger partial charge on any atom is 0.137 e. The lowest BCUT2D eigenvalue weighted by molar-refractivity contribution is 0.186. The van der Waals surface area contributed by atoms with Crippen LogP contribution in [-0.2, 0) is 6.54 Å². The summed E-state index contributed by atoms with van der Waals surface area (Å²) in [5.41, 5.74) is 1.16. The minimum Gasteiger partial charge on any atom is -0.299 e. The molecule has 0 unspecified atom stereocenters. The number of hydrogen-bond acceptors (Lipinski definition) is 1. The van der Waals surface area contributed by atoms with E-state index in [9.17, 15) is 4.39 Å². The molecule has 0 radical (unpaired) electrons. The summed E-state index contributed by atoms with van der Waals surface area (Å²) in [6, 6.07) is 5.24. The zero-order chi connectivity index (χ0) is 12.3. The van der Waals surface area contributed by atoms with Crippen molar-refractivity contribution >= 4 is 27.5 Å². The molecular weight excluding hydrogens is 305 g/mol. The molecule has 1 aromatic carbocycles. The first-order chi connectivity index (χ1) is 8.19. The fourth-order valence-corrected chi connectivity index (χ4v) is 2.93. The highest BCUT2D eigenvalue weighted by Crippen LogP contribution is 2.22. The topological polar surface area (TPSA) is 3.24 Å². The van der Waals surface area contributed by atoms with Gasteiger partial charge in [-0.25, -0.2) is 4.39 Å². The van der Waals surface area contributed by atoms with Gasteiger partial charge in [0.2, 0.25) is 0 Å². The Morgan fingerprint density at radius 3 is 2.65 bits per heavy atom. The van der Waals surface area contributed by atoms with Crippen molar-refractivity contribution in [2.45, 2.75) is 19.4 Å². The van der Waals surface area contributed by atoms with Crippen molar-refractivity contribution in [3.8, 4) is 0 Å². The summed E-state index contributed by atoms with van der Waals surface area (Å²) in [7, 11) is 0. The van der Waals surface area contributed by atoms with Crippen molar-refractivity contribution in [1.82, 2.24) is 4.90 Å². The average molecular weight is 321 g/mol. The Morgan fingerprint density at radius 2 is 2.06 bits per heavy atom. The number of alkyl halides is 1. The number of hydrogen-bond donors (Lipinski definition) is 0. The predicted octanol–water partition coefficient (Wildman–Crippen LogP) is 4.04. The van der Waals surface area contributed by atoms with E-state index in [2.05, 4.69) is 20.8 Å². The summed E-state index contributed by atoms with van der Waals surface area (Å²) in [5, 5.41) is 0. The van der Waals surface area contributed by atoms with E-state index in [4.69, 9.17) is 11.6 Å². The number of piperidine rings is 1. The van der Waals surface area contributed by atoms with Crippen LogP contribution < -0.4 is 0 Å². The van der Waals surface area contributed by atoms with E-state index in [0.717, 1.165) is 31.1 Å². The maximum atomic E-state index is 13.1. The van der Waals surface area contributed by atoms with Gasteiger partial charge < -0.3 is 0 Å². The number of benzene rings is 1. The Bertz CT molecular complexity index is 378. The molecule has 1 fully saturated rings. The zero-order valence-corrected chi connectivity index (χ0v) is 12.0. The fraction of sp³-hybridized carbons (Fsp3) is 0.538. The van der Waals surface area contributed by atoms with Crippen molar-refractivity contribution < 1.29 is 4.39 Å². The van der Waals surface area contributed by atoms with Crippen LogP contribution in [0.4, 0.5) is 4.39 Å². The molecule has 0 atom stereocenters. The van der Waals surface area contributed by atoms with Gasteiger partial charge in [0, 0.05) is 12.4 Å². The summed E-state index contributed by atoms with van der Waals surface area (Å²) in [6.45, 7) is 3.08. The van der Waals surface area contributed by atoms with Crippen LogP contribution >= 0.6 is 27.5 Å². The second-order valence-corrected chi connectivity index (χ2v) is 5.79. The molecule has 0 saturated carbocycles. The second kappa shape index (κ2) is 6.17. The molecule has 0 aliphatic carbocycles. The van der Waals surface area contributed by atoms with E-state index in [-0.39, 0.29) is 5.82 Å². The van der Waals surface area contributed by atoms with Crippen LogP contribution in [0.2, 0.25) is 0 Å². The second-order valence-electron chi connectivity index (χ2n) is 4.62. The van der Waals surface area contributed by atoms with E-state index in [1.807, 2.05) is 12.1 Å². The lowest BCUT2D eigenvalue weighted by Crippen LogP contribution is -2.33. The summed E-state index contributed by atoms with van der Waals surface area (Å²) >= 11 is 9.08. The molecule has 1 aliphatic rings. The third kappa shape index (κ3) is 3.67. The van der Waals surface area contributed by atoms with Gasteiger partial charge in [0.05, 0.1) is 4.47 Å². The number of nitrogens with zero attached hydrogens (tertiary/aromatic N) is 1. The molecule has 1 aromatic rings. The first kappa shape index (κ1) is 13.3. The monoisotopic (exact) mass is 319 g/mol. The van der Waals surface area contributed by atoms with Gasteiger partial charge in [-0.05, 0) is 65.5 Å². The Morgan fingerprint density at radius 1 is 1.35 bits per heavy atom. The van der Waals surface area contributed by atoms with Gasteiger partial charge in [-0.1, -0.05) is 6.07 Å². The van der Waals surface area contributed by atoms with Crippen LogP contribution in [0, 0.1) is 11.7 Å². The van der Waals surface area contributed by atoms with E-state index in [1.165, 1.54) is 18.9 Å². The van der Waals surface area contributed by atoms with Crippen molar-refractivity contribution in [1.29, 1.82) is 0 Å². The Kier molecular flexibility index (Phi) is 4.83. The predicted molar refractivity (Wildman–Crippen MR) is 72.8 cm³/mol. The Balaban J connectivity index is 1.91.